The Labute approximate surface area is 170 Å². The van der Waals surface area contributed by atoms with Gasteiger partial charge >= 0.3 is 0 Å². The zero-order chi connectivity index (χ0) is 20.8. The lowest BCUT2D eigenvalue weighted by molar-refractivity contribution is -0.117. The molecule has 4 N–H and O–H groups in total. The van der Waals surface area contributed by atoms with Crippen molar-refractivity contribution < 1.29 is 19.8 Å². The van der Waals surface area contributed by atoms with Gasteiger partial charge in [-0.3, -0.25) is 14.5 Å². The highest BCUT2D eigenvalue weighted by Gasteiger charge is 2.22. The number of aliphatic hydroxyl groups excluding tert-OH is 1. The molecule has 0 saturated carbocycles. The van der Waals surface area contributed by atoms with Crippen LogP contribution in [-0.4, -0.2) is 52.5 Å². The van der Waals surface area contributed by atoms with Gasteiger partial charge in [0, 0.05) is 35.9 Å². The van der Waals surface area contributed by atoms with Crippen LogP contribution in [0.2, 0.25) is 0 Å². The first kappa shape index (κ1) is 20.8. The third kappa shape index (κ3) is 5.56. The lowest BCUT2D eigenvalue weighted by atomic mass is 10.0. The van der Waals surface area contributed by atoms with Gasteiger partial charge in [-0.05, 0) is 38.0 Å². The maximum atomic E-state index is 12.3. The minimum absolute atomic E-state index is 0.0375. The van der Waals surface area contributed by atoms with Crippen LogP contribution in [0, 0.1) is 0 Å². The number of amides is 1. The van der Waals surface area contributed by atoms with Crippen LogP contribution in [0.3, 0.4) is 0 Å². The number of rotatable bonds is 7. The third-order valence-corrected chi connectivity index (χ3v) is 5.16. The molecule has 154 valence electrons. The number of phenolic OH excluding ortho intramolecular Hbond substituents is 1. The standard InChI is InChI=1S/C22H27N3O4/c1-15(27)16-4-2-6-19(12-16)23-21(29)13-25-10-8-18(9-11-25)24-22-17(14-26)5-3-7-20(22)28/h2-7,12,18,24,26,28H,8-11,13-14H2,1H3,(H,23,29). The Morgan fingerprint density at radius 1 is 1.14 bits per heavy atom. The summed E-state index contributed by atoms with van der Waals surface area (Å²) in [5, 5.41) is 25.7. The summed E-state index contributed by atoms with van der Waals surface area (Å²) in [4.78, 5) is 25.9. The van der Waals surface area contributed by atoms with Crippen molar-refractivity contribution in [3.63, 3.8) is 0 Å². The molecular weight excluding hydrogens is 370 g/mol. The summed E-state index contributed by atoms with van der Waals surface area (Å²) >= 11 is 0. The Morgan fingerprint density at radius 3 is 2.55 bits per heavy atom. The minimum Gasteiger partial charge on any atom is -0.506 e. The molecule has 0 bridgehead atoms. The lowest BCUT2D eigenvalue weighted by Crippen LogP contribution is -2.42. The Hall–Kier alpha value is -2.90. The summed E-state index contributed by atoms with van der Waals surface area (Å²) in [6.07, 6.45) is 1.65. The van der Waals surface area contributed by atoms with E-state index in [0.717, 1.165) is 25.9 Å². The second-order valence-corrected chi connectivity index (χ2v) is 7.35. The number of nitrogens with one attached hydrogen (secondary N) is 2. The van der Waals surface area contributed by atoms with Gasteiger partial charge in [0.2, 0.25) is 5.91 Å². The van der Waals surface area contributed by atoms with Crippen molar-refractivity contribution in [2.45, 2.75) is 32.4 Å². The molecule has 3 rings (SSSR count). The Balaban J connectivity index is 1.49. The summed E-state index contributed by atoms with van der Waals surface area (Å²) < 4.78 is 0. The molecule has 1 heterocycles. The molecule has 0 unspecified atom stereocenters. The second kappa shape index (κ2) is 9.54. The van der Waals surface area contributed by atoms with E-state index in [1.54, 1.807) is 42.5 Å². The molecule has 0 aliphatic carbocycles. The van der Waals surface area contributed by atoms with Crippen LogP contribution in [0.25, 0.3) is 0 Å². The van der Waals surface area contributed by atoms with Gasteiger partial charge in [0.15, 0.2) is 5.78 Å². The quantitative estimate of drug-likeness (QED) is 0.423. The summed E-state index contributed by atoms with van der Waals surface area (Å²) in [7, 11) is 0. The number of phenols is 1. The highest BCUT2D eigenvalue weighted by molar-refractivity contribution is 5.97. The van der Waals surface area contributed by atoms with E-state index >= 15 is 0 Å². The molecule has 29 heavy (non-hydrogen) atoms. The van der Waals surface area contributed by atoms with Crippen molar-refractivity contribution in [3.05, 3.63) is 53.6 Å². The number of hydrogen-bond donors (Lipinski definition) is 4. The van der Waals surface area contributed by atoms with Crippen molar-refractivity contribution in [3.8, 4) is 5.75 Å². The SMILES string of the molecule is CC(=O)c1cccc(NC(=O)CN2CCC(Nc3c(O)cccc3CO)CC2)c1. The number of likely N-dealkylation sites (tertiary alicyclic amines) is 1. The number of aliphatic hydroxyl groups is 1. The number of benzene rings is 2. The van der Waals surface area contributed by atoms with Gasteiger partial charge in [-0.1, -0.05) is 24.3 Å². The number of piperidine rings is 1. The van der Waals surface area contributed by atoms with Crippen LogP contribution < -0.4 is 10.6 Å². The van der Waals surface area contributed by atoms with Crippen molar-refractivity contribution in [2.24, 2.45) is 0 Å². The largest absolute Gasteiger partial charge is 0.506 e. The maximum Gasteiger partial charge on any atom is 0.238 e. The smallest absolute Gasteiger partial charge is 0.238 e. The molecule has 0 atom stereocenters. The van der Waals surface area contributed by atoms with E-state index < -0.39 is 0 Å². The number of para-hydroxylation sites is 1. The molecule has 1 aliphatic heterocycles. The van der Waals surface area contributed by atoms with Crippen molar-refractivity contribution in [1.82, 2.24) is 4.90 Å². The fourth-order valence-corrected chi connectivity index (χ4v) is 3.54. The molecule has 2 aromatic carbocycles. The average Bonchev–Trinajstić information content (AvgIpc) is 2.71. The third-order valence-electron chi connectivity index (χ3n) is 5.16. The van der Waals surface area contributed by atoms with E-state index in [2.05, 4.69) is 15.5 Å². The number of carbonyl (C=O) groups is 2. The molecule has 0 aromatic heterocycles. The second-order valence-electron chi connectivity index (χ2n) is 7.35. The predicted octanol–water partition coefficient (Wildman–Crippen LogP) is 2.60. The Bertz CT molecular complexity index is 876. The summed E-state index contributed by atoms with van der Waals surface area (Å²) in [6.45, 7) is 3.15. The fraction of sp³-hybridized carbons (Fsp3) is 0.364. The molecule has 1 fully saturated rings. The Kier molecular flexibility index (Phi) is 6.85. The highest BCUT2D eigenvalue weighted by atomic mass is 16.3. The van der Waals surface area contributed by atoms with Crippen molar-refractivity contribution in [1.29, 1.82) is 0 Å². The van der Waals surface area contributed by atoms with E-state index in [4.69, 9.17) is 0 Å². The molecule has 7 heteroatoms. The number of aromatic hydroxyl groups is 1. The van der Waals surface area contributed by atoms with Gasteiger partial charge in [-0.2, -0.15) is 0 Å². The van der Waals surface area contributed by atoms with E-state index in [1.165, 1.54) is 6.92 Å². The summed E-state index contributed by atoms with van der Waals surface area (Å²) in [6, 6.07) is 12.2. The first-order chi connectivity index (χ1) is 14.0. The monoisotopic (exact) mass is 397 g/mol. The van der Waals surface area contributed by atoms with Crippen LogP contribution in [0.5, 0.6) is 5.75 Å². The highest BCUT2D eigenvalue weighted by Crippen LogP contribution is 2.29. The zero-order valence-electron chi connectivity index (χ0n) is 16.5. The van der Waals surface area contributed by atoms with Crippen LogP contribution in [0.4, 0.5) is 11.4 Å². The van der Waals surface area contributed by atoms with Gasteiger partial charge in [0.25, 0.3) is 0 Å². The van der Waals surface area contributed by atoms with E-state index in [9.17, 15) is 19.8 Å². The predicted molar refractivity (Wildman–Crippen MR) is 112 cm³/mol. The number of anilines is 2. The van der Waals surface area contributed by atoms with Crippen molar-refractivity contribution in [2.75, 3.05) is 30.3 Å². The van der Waals surface area contributed by atoms with Gasteiger partial charge in [-0.25, -0.2) is 0 Å². The fourth-order valence-electron chi connectivity index (χ4n) is 3.54. The van der Waals surface area contributed by atoms with Crippen molar-refractivity contribution >= 4 is 23.1 Å². The number of ketones is 1. The van der Waals surface area contributed by atoms with Gasteiger partial charge in [0.1, 0.15) is 5.75 Å². The van der Waals surface area contributed by atoms with Crippen LogP contribution in [0.1, 0.15) is 35.7 Å². The molecule has 0 radical (unpaired) electrons. The maximum absolute atomic E-state index is 12.3. The minimum atomic E-state index is -0.138. The van der Waals surface area contributed by atoms with Gasteiger partial charge < -0.3 is 20.8 Å². The van der Waals surface area contributed by atoms with E-state index in [1.807, 2.05) is 0 Å². The molecule has 0 spiro atoms. The molecule has 1 saturated heterocycles. The van der Waals surface area contributed by atoms with E-state index in [-0.39, 0.29) is 36.6 Å². The molecular formula is C22H27N3O4. The molecule has 7 nitrogen and oxygen atoms in total. The first-order valence-electron chi connectivity index (χ1n) is 9.77. The Morgan fingerprint density at radius 2 is 1.86 bits per heavy atom. The zero-order valence-corrected chi connectivity index (χ0v) is 16.5. The first-order valence-corrected chi connectivity index (χ1v) is 9.77. The topological polar surface area (TPSA) is 102 Å². The number of Topliss-reactive ketones (excluding diaryl/α,β-unsaturated/α-hetero) is 1. The van der Waals surface area contributed by atoms with Gasteiger partial charge in [0.05, 0.1) is 18.8 Å². The van der Waals surface area contributed by atoms with Crippen LogP contribution in [-0.2, 0) is 11.4 Å². The number of nitrogens with zero attached hydrogens (tertiary/aromatic N) is 1. The molecule has 2 aromatic rings. The van der Waals surface area contributed by atoms with E-state index in [0.29, 0.717) is 22.5 Å². The average molecular weight is 397 g/mol. The normalized spacial score (nSPS) is 15.1. The molecule has 1 aliphatic rings. The summed E-state index contributed by atoms with van der Waals surface area (Å²) in [5.74, 6) is -0.0176. The summed E-state index contributed by atoms with van der Waals surface area (Å²) in [5.41, 5.74) is 2.44. The molecule has 1 amide bonds. The van der Waals surface area contributed by atoms with Crippen LogP contribution in [0.15, 0.2) is 42.5 Å². The van der Waals surface area contributed by atoms with Crippen LogP contribution >= 0.6 is 0 Å². The lowest BCUT2D eigenvalue weighted by Gasteiger charge is -2.32. The van der Waals surface area contributed by atoms with Gasteiger partial charge in [-0.15, -0.1) is 0 Å². The number of carbonyl (C=O) groups excluding carboxylic acids is 2. The number of hydrogen-bond acceptors (Lipinski definition) is 6.